The minimum absolute atomic E-state index is 0.0614. The molecule has 36 heavy (non-hydrogen) atoms. The highest BCUT2D eigenvalue weighted by atomic mass is 19.1. The molecule has 3 aromatic rings. The Morgan fingerprint density at radius 3 is 2.22 bits per heavy atom. The number of Topliss-reactive ketones (excluding diaryl/α,β-unsaturated/α-hetero) is 1. The molecule has 1 fully saturated rings. The molecule has 0 spiro atoms. The maximum Gasteiger partial charge on any atom is 0.300 e. The van der Waals surface area contributed by atoms with Crippen molar-refractivity contribution in [2.24, 2.45) is 0 Å². The normalized spacial score (nSPS) is 17.5. The molecule has 2 N–H and O–H groups in total. The summed E-state index contributed by atoms with van der Waals surface area (Å²) in [4.78, 5) is 27.3. The Bertz CT molecular complexity index is 1390. The lowest BCUT2D eigenvalue weighted by atomic mass is 9.84. The molecule has 1 amide bonds. The average molecular weight is 494 g/mol. The van der Waals surface area contributed by atoms with Crippen LogP contribution in [0.15, 0.2) is 66.2 Å². The third-order valence-corrected chi connectivity index (χ3v) is 6.10. The fraction of sp³-hybridized carbons (Fsp3) is 0.214. The molecule has 8 heteroatoms. The van der Waals surface area contributed by atoms with Crippen molar-refractivity contribution in [2.75, 3.05) is 12.0 Å². The van der Waals surface area contributed by atoms with Gasteiger partial charge in [-0.3, -0.25) is 14.5 Å². The molecule has 186 valence electrons. The summed E-state index contributed by atoms with van der Waals surface area (Å²) in [5.74, 6) is -3.92. The maximum absolute atomic E-state index is 14.8. The zero-order chi connectivity index (χ0) is 26.4. The predicted octanol–water partition coefficient (Wildman–Crippen LogP) is 5.60. The number of aromatic hydroxyl groups is 1. The van der Waals surface area contributed by atoms with Crippen LogP contribution in [0.3, 0.4) is 0 Å². The van der Waals surface area contributed by atoms with E-state index in [-0.39, 0.29) is 28.0 Å². The molecule has 3 aromatic carbocycles. The van der Waals surface area contributed by atoms with Gasteiger partial charge in [0.1, 0.15) is 28.9 Å². The highest BCUT2D eigenvalue weighted by Crippen LogP contribution is 2.44. The number of phenols is 1. The molecule has 0 bridgehead atoms. The number of rotatable bonds is 4. The van der Waals surface area contributed by atoms with E-state index in [0.29, 0.717) is 17.4 Å². The van der Waals surface area contributed by atoms with E-state index in [1.165, 1.54) is 31.4 Å². The minimum atomic E-state index is -1.23. The van der Waals surface area contributed by atoms with Crippen molar-refractivity contribution >= 4 is 23.1 Å². The van der Waals surface area contributed by atoms with E-state index in [1.807, 2.05) is 20.8 Å². The Kier molecular flexibility index (Phi) is 6.30. The molecular weight excluding hydrogens is 468 g/mol. The molecule has 0 aliphatic carbocycles. The number of ether oxygens (including phenoxy) is 1. The second kappa shape index (κ2) is 9.11. The molecule has 1 heterocycles. The first-order valence-corrected chi connectivity index (χ1v) is 11.2. The van der Waals surface area contributed by atoms with Gasteiger partial charge >= 0.3 is 0 Å². The summed E-state index contributed by atoms with van der Waals surface area (Å²) in [6, 6.07) is 11.9. The van der Waals surface area contributed by atoms with Crippen LogP contribution in [-0.4, -0.2) is 29.0 Å². The van der Waals surface area contributed by atoms with Crippen LogP contribution in [0.4, 0.5) is 14.5 Å². The summed E-state index contributed by atoms with van der Waals surface area (Å²) in [5.41, 5.74) is 0.402. The van der Waals surface area contributed by atoms with Crippen molar-refractivity contribution in [2.45, 2.75) is 32.2 Å². The SMILES string of the molecule is COc1ccc(/C(O)=C2/C(=O)C(=O)N(c3ccc(F)cc3F)C2c2ccc(O)cc2)cc1C(C)(C)C. The number of nitrogens with zero attached hydrogens (tertiary/aromatic N) is 1. The third-order valence-electron chi connectivity index (χ3n) is 6.10. The minimum Gasteiger partial charge on any atom is -0.508 e. The number of ketones is 1. The monoisotopic (exact) mass is 493 g/mol. The number of carbonyl (C=O) groups excluding carboxylic acids is 2. The van der Waals surface area contributed by atoms with Gasteiger partial charge in [-0.05, 0) is 53.4 Å². The smallest absolute Gasteiger partial charge is 0.300 e. The summed E-state index contributed by atoms with van der Waals surface area (Å²) in [6.45, 7) is 5.88. The van der Waals surface area contributed by atoms with E-state index >= 15 is 0 Å². The predicted molar refractivity (Wildman–Crippen MR) is 131 cm³/mol. The number of hydrogen-bond donors (Lipinski definition) is 2. The Morgan fingerprint density at radius 1 is 0.972 bits per heavy atom. The maximum atomic E-state index is 14.8. The van der Waals surface area contributed by atoms with Gasteiger partial charge in [0, 0.05) is 17.2 Å². The third kappa shape index (κ3) is 4.30. The number of aliphatic hydroxyl groups excluding tert-OH is 1. The number of anilines is 1. The fourth-order valence-corrected chi connectivity index (χ4v) is 4.33. The second-order valence-corrected chi connectivity index (χ2v) is 9.52. The van der Waals surface area contributed by atoms with Gasteiger partial charge in [-0.25, -0.2) is 8.78 Å². The zero-order valence-electron chi connectivity index (χ0n) is 20.2. The van der Waals surface area contributed by atoms with Crippen molar-refractivity contribution in [1.82, 2.24) is 0 Å². The van der Waals surface area contributed by atoms with Gasteiger partial charge in [0.15, 0.2) is 0 Å². The Balaban J connectivity index is 1.98. The Hall–Kier alpha value is -4.20. The van der Waals surface area contributed by atoms with E-state index < -0.39 is 35.1 Å². The van der Waals surface area contributed by atoms with Crippen molar-refractivity contribution in [3.63, 3.8) is 0 Å². The summed E-state index contributed by atoms with van der Waals surface area (Å²) in [6.07, 6.45) is 0. The van der Waals surface area contributed by atoms with Crippen LogP contribution < -0.4 is 9.64 Å². The molecular formula is C28H25F2NO5. The highest BCUT2D eigenvalue weighted by Gasteiger charge is 2.47. The molecule has 0 saturated carbocycles. The molecule has 0 radical (unpaired) electrons. The van der Waals surface area contributed by atoms with E-state index in [1.54, 1.807) is 18.2 Å². The van der Waals surface area contributed by atoms with Crippen LogP contribution in [0.1, 0.15) is 43.5 Å². The number of aliphatic hydroxyl groups is 1. The summed E-state index contributed by atoms with van der Waals surface area (Å²) < 4.78 is 33.8. The molecule has 1 unspecified atom stereocenters. The molecule has 1 aliphatic rings. The van der Waals surface area contributed by atoms with Gasteiger partial charge in [-0.2, -0.15) is 0 Å². The zero-order valence-corrected chi connectivity index (χ0v) is 20.2. The van der Waals surface area contributed by atoms with Gasteiger partial charge in [0.25, 0.3) is 11.7 Å². The summed E-state index contributed by atoms with van der Waals surface area (Å²) in [5, 5.41) is 21.1. The highest BCUT2D eigenvalue weighted by molar-refractivity contribution is 6.51. The Labute approximate surface area is 207 Å². The van der Waals surface area contributed by atoms with E-state index in [9.17, 15) is 28.6 Å². The number of phenolic OH excluding ortho intramolecular Hbond substituents is 1. The standard InChI is InChI=1S/C28H25F2NO5/c1-28(2,3)19-13-16(7-12-22(19)36-4)25(33)23-24(15-5-9-18(32)10-6-15)31(27(35)26(23)34)21-11-8-17(29)14-20(21)30/h5-14,24,32-33H,1-4H3/b25-23-. The van der Waals surface area contributed by atoms with Crippen LogP contribution in [-0.2, 0) is 15.0 Å². The summed E-state index contributed by atoms with van der Waals surface area (Å²) >= 11 is 0. The van der Waals surface area contributed by atoms with Gasteiger partial charge in [-0.15, -0.1) is 0 Å². The van der Waals surface area contributed by atoms with Crippen LogP contribution in [0.25, 0.3) is 5.76 Å². The van der Waals surface area contributed by atoms with Crippen LogP contribution in [0, 0.1) is 11.6 Å². The molecule has 1 saturated heterocycles. The van der Waals surface area contributed by atoms with Crippen molar-refractivity contribution in [3.05, 3.63) is 94.6 Å². The topological polar surface area (TPSA) is 87.1 Å². The second-order valence-electron chi connectivity index (χ2n) is 9.52. The van der Waals surface area contributed by atoms with Crippen molar-refractivity contribution in [1.29, 1.82) is 0 Å². The lowest BCUT2D eigenvalue weighted by Gasteiger charge is -2.26. The number of halogens is 2. The van der Waals surface area contributed by atoms with Gasteiger partial charge in [0.2, 0.25) is 0 Å². The van der Waals surface area contributed by atoms with Gasteiger partial charge < -0.3 is 14.9 Å². The number of carbonyl (C=O) groups is 2. The lowest BCUT2D eigenvalue weighted by Crippen LogP contribution is -2.30. The fourth-order valence-electron chi connectivity index (χ4n) is 4.33. The van der Waals surface area contributed by atoms with Crippen LogP contribution in [0.5, 0.6) is 11.5 Å². The Morgan fingerprint density at radius 2 is 1.64 bits per heavy atom. The largest absolute Gasteiger partial charge is 0.508 e. The first-order valence-electron chi connectivity index (χ1n) is 11.2. The van der Waals surface area contributed by atoms with E-state index in [4.69, 9.17) is 4.74 Å². The number of amides is 1. The molecule has 6 nitrogen and oxygen atoms in total. The molecule has 1 atom stereocenters. The van der Waals surface area contributed by atoms with Gasteiger partial charge in [-0.1, -0.05) is 32.9 Å². The average Bonchev–Trinajstić information content (AvgIpc) is 3.08. The van der Waals surface area contributed by atoms with Crippen LogP contribution >= 0.6 is 0 Å². The summed E-state index contributed by atoms with van der Waals surface area (Å²) in [7, 11) is 1.53. The van der Waals surface area contributed by atoms with Crippen molar-refractivity contribution < 1.29 is 33.3 Å². The lowest BCUT2D eigenvalue weighted by molar-refractivity contribution is -0.132. The number of hydrogen-bond acceptors (Lipinski definition) is 5. The molecule has 4 rings (SSSR count). The van der Waals surface area contributed by atoms with Gasteiger partial charge in [0.05, 0.1) is 24.4 Å². The first-order chi connectivity index (χ1) is 16.9. The quantitative estimate of drug-likeness (QED) is 0.281. The van der Waals surface area contributed by atoms with E-state index in [2.05, 4.69) is 0 Å². The molecule has 0 aromatic heterocycles. The number of benzene rings is 3. The van der Waals surface area contributed by atoms with Crippen LogP contribution in [0.2, 0.25) is 0 Å². The van der Waals surface area contributed by atoms with Crippen molar-refractivity contribution in [3.8, 4) is 11.5 Å². The molecule has 1 aliphatic heterocycles. The number of methoxy groups -OCH3 is 1. The van der Waals surface area contributed by atoms with E-state index in [0.717, 1.165) is 22.6 Å². The first kappa shape index (κ1) is 24.9.